The third-order valence-electron chi connectivity index (χ3n) is 5.98. The minimum Gasteiger partial charge on any atom is -0.462 e. The highest BCUT2D eigenvalue weighted by molar-refractivity contribution is 7.89. The number of aryl methyl sites for hydroxylation is 1. The zero-order chi connectivity index (χ0) is 24.4. The number of unbranched alkanes of at least 4 members (excludes halogenated alkanes) is 1. The predicted molar refractivity (Wildman–Crippen MR) is 133 cm³/mol. The molecule has 1 heterocycles. The van der Waals surface area contributed by atoms with Crippen LogP contribution in [0.2, 0.25) is 0 Å². The zero-order valence-electron chi connectivity index (χ0n) is 19.7. The smallest absolute Gasteiger partial charge is 0.338 e. The molecule has 1 amide bonds. The molecular weight excluding hydrogens is 452 g/mol. The van der Waals surface area contributed by atoms with Gasteiger partial charge in [-0.2, -0.15) is 0 Å². The zero-order valence-corrected chi connectivity index (χ0v) is 20.6. The molecule has 1 fully saturated rings. The van der Waals surface area contributed by atoms with E-state index in [4.69, 9.17) is 4.74 Å². The van der Waals surface area contributed by atoms with E-state index in [1.54, 1.807) is 24.3 Å². The minimum atomic E-state index is -3.42. The predicted octanol–water partition coefficient (Wildman–Crippen LogP) is 4.26. The summed E-state index contributed by atoms with van der Waals surface area (Å²) in [6.45, 7) is 3.06. The molecule has 2 aromatic carbocycles. The Kier molecular flexibility index (Phi) is 9.65. The molecule has 3 rings (SSSR count). The second-order valence-corrected chi connectivity index (χ2v) is 10.7. The van der Waals surface area contributed by atoms with Crippen molar-refractivity contribution in [2.45, 2.75) is 45.4 Å². The summed E-state index contributed by atoms with van der Waals surface area (Å²) in [5, 5.41) is 2.85. The number of benzene rings is 2. The number of anilines is 1. The normalized spacial score (nSPS) is 16.7. The van der Waals surface area contributed by atoms with E-state index < -0.39 is 15.9 Å². The first-order valence-electron chi connectivity index (χ1n) is 12.0. The van der Waals surface area contributed by atoms with Gasteiger partial charge in [-0.3, -0.25) is 4.79 Å². The summed E-state index contributed by atoms with van der Waals surface area (Å²) >= 11 is 0. The summed E-state index contributed by atoms with van der Waals surface area (Å²) in [5.74, 6) is -0.919. The van der Waals surface area contributed by atoms with E-state index in [1.165, 1.54) is 4.31 Å². The number of amides is 1. The van der Waals surface area contributed by atoms with Crippen molar-refractivity contribution in [3.8, 4) is 0 Å². The van der Waals surface area contributed by atoms with Crippen LogP contribution in [0.15, 0.2) is 54.6 Å². The van der Waals surface area contributed by atoms with Gasteiger partial charge in [0.1, 0.15) is 0 Å². The molecule has 1 atom stereocenters. The van der Waals surface area contributed by atoms with Crippen molar-refractivity contribution in [1.82, 2.24) is 4.31 Å². The minimum absolute atomic E-state index is 0.0754. The van der Waals surface area contributed by atoms with Crippen molar-refractivity contribution < 1.29 is 22.7 Å². The average Bonchev–Trinajstić information content (AvgIpc) is 2.85. The number of piperidine rings is 1. The fourth-order valence-corrected chi connectivity index (χ4v) is 5.55. The molecule has 184 valence electrons. The van der Waals surface area contributed by atoms with Crippen molar-refractivity contribution in [2.75, 3.05) is 30.8 Å². The lowest BCUT2D eigenvalue weighted by molar-refractivity contribution is -0.120. The average molecular weight is 487 g/mol. The fourth-order valence-electron chi connectivity index (χ4n) is 3.97. The van der Waals surface area contributed by atoms with Crippen LogP contribution in [0.1, 0.15) is 54.9 Å². The van der Waals surface area contributed by atoms with Crippen LogP contribution < -0.4 is 5.32 Å². The van der Waals surface area contributed by atoms with E-state index in [2.05, 4.69) is 5.32 Å². The van der Waals surface area contributed by atoms with Crippen molar-refractivity contribution in [3.05, 3.63) is 65.7 Å². The number of carbonyl (C=O) groups excluding carboxylic acids is 2. The third-order valence-corrected chi connectivity index (χ3v) is 7.90. The molecule has 0 unspecified atom stereocenters. The first-order valence-corrected chi connectivity index (χ1v) is 13.6. The van der Waals surface area contributed by atoms with Gasteiger partial charge >= 0.3 is 5.97 Å². The highest BCUT2D eigenvalue weighted by atomic mass is 32.2. The molecule has 1 N–H and O–H groups in total. The molecule has 0 aromatic heterocycles. The van der Waals surface area contributed by atoms with Crippen LogP contribution in [0.5, 0.6) is 0 Å². The Morgan fingerprint density at radius 2 is 1.79 bits per heavy atom. The van der Waals surface area contributed by atoms with Gasteiger partial charge < -0.3 is 10.1 Å². The number of carbonyl (C=O) groups is 2. The Balaban J connectivity index is 1.50. The molecule has 0 radical (unpaired) electrons. The highest BCUT2D eigenvalue weighted by Gasteiger charge is 2.32. The van der Waals surface area contributed by atoms with Crippen molar-refractivity contribution in [3.63, 3.8) is 0 Å². The van der Waals surface area contributed by atoms with E-state index in [0.717, 1.165) is 18.4 Å². The molecule has 7 nitrogen and oxygen atoms in total. The van der Waals surface area contributed by atoms with Gasteiger partial charge in [-0.1, -0.05) is 43.7 Å². The van der Waals surface area contributed by atoms with Crippen molar-refractivity contribution >= 4 is 27.6 Å². The van der Waals surface area contributed by atoms with Gasteiger partial charge in [-0.05, 0) is 61.9 Å². The molecule has 34 heavy (non-hydrogen) atoms. The second-order valence-electron chi connectivity index (χ2n) is 8.66. The summed E-state index contributed by atoms with van der Waals surface area (Å²) in [6.07, 6.45) is 4.32. The SMILES string of the molecule is CCCCOC(=O)c1ccc(NC(=O)[C@@H]2CCCN(S(=O)(=O)CCCc3ccccc3)C2)cc1. The summed E-state index contributed by atoms with van der Waals surface area (Å²) < 4.78 is 32.3. The highest BCUT2D eigenvalue weighted by Crippen LogP contribution is 2.22. The Labute approximate surface area is 202 Å². The van der Waals surface area contributed by atoms with E-state index in [0.29, 0.717) is 50.1 Å². The first-order chi connectivity index (χ1) is 16.4. The Morgan fingerprint density at radius 3 is 2.50 bits per heavy atom. The largest absolute Gasteiger partial charge is 0.462 e. The second kappa shape index (κ2) is 12.7. The Morgan fingerprint density at radius 1 is 1.06 bits per heavy atom. The topological polar surface area (TPSA) is 92.8 Å². The summed E-state index contributed by atoms with van der Waals surface area (Å²) in [6, 6.07) is 16.4. The van der Waals surface area contributed by atoms with Crippen LogP contribution in [-0.2, 0) is 26.0 Å². The van der Waals surface area contributed by atoms with E-state index >= 15 is 0 Å². The van der Waals surface area contributed by atoms with Crippen LogP contribution in [0.4, 0.5) is 5.69 Å². The third kappa shape index (κ3) is 7.67. The van der Waals surface area contributed by atoms with Crippen LogP contribution in [0.25, 0.3) is 0 Å². The van der Waals surface area contributed by atoms with Gasteiger partial charge in [0.25, 0.3) is 0 Å². The quantitative estimate of drug-likeness (QED) is 0.378. The molecule has 0 saturated carbocycles. The van der Waals surface area contributed by atoms with Crippen molar-refractivity contribution in [2.24, 2.45) is 5.92 Å². The molecule has 1 saturated heterocycles. The van der Waals surface area contributed by atoms with Crippen LogP contribution >= 0.6 is 0 Å². The first kappa shape index (κ1) is 25.9. The van der Waals surface area contributed by atoms with Gasteiger partial charge in [-0.15, -0.1) is 0 Å². The van der Waals surface area contributed by atoms with E-state index in [1.807, 2.05) is 37.3 Å². The monoisotopic (exact) mass is 486 g/mol. The number of hydrogen-bond acceptors (Lipinski definition) is 5. The van der Waals surface area contributed by atoms with Crippen LogP contribution in [-0.4, -0.2) is 50.0 Å². The standard InChI is InChI=1S/C26H34N2O5S/c1-2-3-18-33-26(30)22-13-15-24(16-14-22)27-25(29)23-12-7-17-28(20-23)34(31,32)19-8-11-21-9-5-4-6-10-21/h4-6,9-10,13-16,23H,2-3,7-8,11-12,17-20H2,1H3,(H,27,29)/t23-/m1/s1. The maximum Gasteiger partial charge on any atom is 0.338 e. The molecule has 1 aliphatic heterocycles. The number of nitrogens with zero attached hydrogens (tertiary/aromatic N) is 1. The molecular formula is C26H34N2O5S. The summed E-state index contributed by atoms with van der Waals surface area (Å²) in [7, 11) is -3.42. The number of esters is 1. The fraction of sp³-hybridized carbons (Fsp3) is 0.462. The van der Waals surface area contributed by atoms with Crippen molar-refractivity contribution in [1.29, 1.82) is 0 Å². The lowest BCUT2D eigenvalue weighted by Crippen LogP contribution is -2.44. The van der Waals surface area contributed by atoms with E-state index in [9.17, 15) is 18.0 Å². The lowest BCUT2D eigenvalue weighted by atomic mass is 9.98. The molecule has 0 bridgehead atoms. The van der Waals surface area contributed by atoms with Gasteiger partial charge in [-0.25, -0.2) is 17.5 Å². The van der Waals surface area contributed by atoms with Crippen LogP contribution in [0, 0.1) is 5.92 Å². The maximum absolute atomic E-state index is 12.8. The van der Waals surface area contributed by atoms with E-state index in [-0.39, 0.29) is 24.2 Å². The molecule has 2 aromatic rings. The molecule has 0 spiro atoms. The number of nitrogens with one attached hydrogen (secondary N) is 1. The van der Waals surface area contributed by atoms with Gasteiger partial charge in [0, 0.05) is 18.8 Å². The summed E-state index contributed by atoms with van der Waals surface area (Å²) in [5.41, 5.74) is 2.12. The number of ether oxygens (including phenoxy) is 1. The van der Waals surface area contributed by atoms with Gasteiger partial charge in [0.05, 0.1) is 23.8 Å². The number of rotatable bonds is 11. The molecule has 0 aliphatic carbocycles. The lowest BCUT2D eigenvalue weighted by Gasteiger charge is -2.31. The van der Waals surface area contributed by atoms with Gasteiger partial charge in [0.2, 0.25) is 15.9 Å². The Bertz CT molecular complexity index is 1040. The Hall–Kier alpha value is -2.71. The van der Waals surface area contributed by atoms with Crippen LogP contribution in [0.3, 0.4) is 0 Å². The number of hydrogen-bond donors (Lipinski definition) is 1. The van der Waals surface area contributed by atoms with Gasteiger partial charge in [0.15, 0.2) is 0 Å². The molecule has 8 heteroatoms. The summed E-state index contributed by atoms with van der Waals surface area (Å²) in [4.78, 5) is 24.8. The maximum atomic E-state index is 12.8. The number of sulfonamides is 1. The molecule has 1 aliphatic rings.